The number of amides is 1. The van der Waals surface area contributed by atoms with Crippen LogP contribution in [0.5, 0.6) is 0 Å². The van der Waals surface area contributed by atoms with Crippen LogP contribution in [0, 0.1) is 0 Å². The average molecular weight is 279 g/mol. The highest BCUT2D eigenvalue weighted by Gasteiger charge is 2.26. The Kier molecular flexibility index (Phi) is 5.80. The third kappa shape index (κ3) is 5.91. The lowest BCUT2D eigenvalue weighted by Crippen LogP contribution is -2.42. The number of aliphatic imine (C=N–C) groups is 1. The smallest absolute Gasteiger partial charge is 0.410 e. The summed E-state index contributed by atoms with van der Waals surface area (Å²) in [7, 11) is 0. The summed E-state index contributed by atoms with van der Waals surface area (Å²) in [4.78, 5) is 18.1. The van der Waals surface area contributed by atoms with Gasteiger partial charge in [-0.15, -0.1) is 0 Å². The minimum atomic E-state index is -0.443. The van der Waals surface area contributed by atoms with E-state index >= 15 is 0 Å². The summed E-state index contributed by atoms with van der Waals surface area (Å²) >= 11 is 0. The number of ether oxygens (including phenoxy) is 1. The fourth-order valence-corrected chi connectivity index (χ4v) is 1.81. The van der Waals surface area contributed by atoms with Crippen molar-refractivity contribution in [3.05, 3.63) is 24.9 Å². The highest BCUT2D eigenvalue weighted by Crippen LogP contribution is 2.16. The van der Waals surface area contributed by atoms with E-state index in [2.05, 4.69) is 23.5 Å². The molecule has 0 spiro atoms. The molecule has 0 aliphatic carbocycles. The molecule has 0 radical (unpaired) electrons. The third-order valence-corrected chi connectivity index (χ3v) is 2.90. The molecule has 112 valence electrons. The molecule has 0 aromatic rings. The minimum absolute atomic E-state index is 0.235. The second-order valence-corrected chi connectivity index (χ2v) is 5.85. The molecule has 1 saturated heterocycles. The molecule has 1 amide bonds. The van der Waals surface area contributed by atoms with Gasteiger partial charge in [-0.25, -0.2) is 4.79 Å². The van der Waals surface area contributed by atoms with Crippen molar-refractivity contribution in [3.63, 3.8) is 0 Å². The zero-order chi connectivity index (χ0) is 15.2. The van der Waals surface area contributed by atoms with Crippen molar-refractivity contribution in [2.45, 2.75) is 45.3 Å². The molecule has 20 heavy (non-hydrogen) atoms. The van der Waals surface area contributed by atoms with Crippen molar-refractivity contribution in [1.82, 2.24) is 10.2 Å². The van der Waals surface area contributed by atoms with Crippen LogP contribution in [-0.2, 0) is 4.74 Å². The first-order valence-electron chi connectivity index (χ1n) is 6.89. The molecule has 5 nitrogen and oxygen atoms in total. The van der Waals surface area contributed by atoms with Crippen LogP contribution in [0.1, 0.15) is 33.6 Å². The maximum atomic E-state index is 11.9. The van der Waals surface area contributed by atoms with Gasteiger partial charge < -0.3 is 15.0 Å². The summed E-state index contributed by atoms with van der Waals surface area (Å²) in [5.41, 5.74) is 0.279. The number of allylic oxidation sites excluding steroid dienone is 1. The van der Waals surface area contributed by atoms with E-state index in [9.17, 15) is 4.79 Å². The number of piperidine rings is 1. The summed E-state index contributed by atoms with van der Waals surface area (Å²) < 4.78 is 5.35. The number of carbonyl (C=O) groups is 1. The molecule has 0 saturated carbocycles. The van der Waals surface area contributed by atoms with Gasteiger partial charge in [-0.3, -0.25) is 4.99 Å². The molecule has 0 aromatic carbocycles. The molecule has 0 bridgehead atoms. The minimum Gasteiger partial charge on any atom is -0.444 e. The first kappa shape index (κ1) is 16.3. The van der Waals surface area contributed by atoms with Gasteiger partial charge in [0.05, 0.1) is 12.4 Å². The summed E-state index contributed by atoms with van der Waals surface area (Å²) in [6.07, 6.45) is 4.74. The molecule has 1 heterocycles. The van der Waals surface area contributed by atoms with E-state index in [-0.39, 0.29) is 12.1 Å². The number of nitrogens with one attached hydrogen (secondary N) is 1. The molecular weight excluding hydrogens is 254 g/mol. The highest BCUT2D eigenvalue weighted by atomic mass is 16.6. The Hall–Kier alpha value is -1.78. The van der Waals surface area contributed by atoms with Crippen molar-refractivity contribution in [2.75, 3.05) is 13.1 Å². The maximum absolute atomic E-state index is 11.9. The van der Waals surface area contributed by atoms with E-state index in [1.54, 1.807) is 17.3 Å². The Bertz CT molecular complexity index is 388. The van der Waals surface area contributed by atoms with E-state index < -0.39 is 5.60 Å². The summed E-state index contributed by atoms with van der Waals surface area (Å²) in [6, 6.07) is 0.235. The van der Waals surface area contributed by atoms with Crippen LogP contribution >= 0.6 is 0 Å². The van der Waals surface area contributed by atoms with Crippen LogP contribution in [0.25, 0.3) is 0 Å². The molecule has 1 aliphatic heterocycles. The second kappa shape index (κ2) is 7.12. The van der Waals surface area contributed by atoms with Crippen molar-refractivity contribution < 1.29 is 9.53 Å². The highest BCUT2D eigenvalue weighted by molar-refractivity contribution is 5.68. The number of likely N-dealkylation sites (tertiary alicyclic amines) is 1. The monoisotopic (exact) mass is 279 g/mol. The molecule has 0 atom stereocenters. The molecule has 1 N–H and O–H groups in total. The Labute approximate surface area is 121 Å². The van der Waals surface area contributed by atoms with E-state index in [4.69, 9.17) is 4.74 Å². The van der Waals surface area contributed by atoms with Crippen LogP contribution < -0.4 is 5.32 Å². The van der Waals surface area contributed by atoms with Gasteiger partial charge in [0.25, 0.3) is 0 Å². The number of carbonyl (C=O) groups excluding carboxylic acids is 1. The molecule has 0 unspecified atom stereocenters. The topological polar surface area (TPSA) is 53.9 Å². The fourth-order valence-electron chi connectivity index (χ4n) is 1.81. The number of rotatable bonds is 4. The van der Waals surface area contributed by atoms with Crippen LogP contribution in [0.4, 0.5) is 4.79 Å². The van der Waals surface area contributed by atoms with E-state index in [1.165, 1.54) is 0 Å². The molecule has 1 fully saturated rings. The van der Waals surface area contributed by atoms with Crippen molar-refractivity contribution in [1.29, 1.82) is 0 Å². The maximum Gasteiger partial charge on any atom is 0.410 e. The molecule has 5 heteroatoms. The lowest BCUT2D eigenvalue weighted by Gasteiger charge is -2.32. The summed E-state index contributed by atoms with van der Waals surface area (Å²) in [5.74, 6) is 0. The first-order valence-corrected chi connectivity index (χ1v) is 6.89. The van der Waals surface area contributed by atoms with Gasteiger partial charge in [0.15, 0.2) is 0 Å². The third-order valence-electron chi connectivity index (χ3n) is 2.90. The zero-order valence-corrected chi connectivity index (χ0v) is 12.7. The Balaban J connectivity index is 2.34. The molecular formula is C15H25N3O2. The van der Waals surface area contributed by atoms with Crippen LogP contribution in [0.15, 0.2) is 29.9 Å². The predicted molar refractivity (Wildman–Crippen MR) is 81.8 cm³/mol. The summed E-state index contributed by atoms with van der Waals surface area (Å²) in [6.45, 7) is 14.3. The number of nitrogens with zero attached hydrogens (tertiary/aromatic N) is 2. The Morgan fingerprint density at radius 3 is 2.50 bits per heavy atom. The Morgan fingerprint density at radius 1 is 1.40 bits per heavy atom. The van der Waals surface area contributed by atoms with Crippen LogP contribution in [-0.4, -0.2) is 42.1 Å². The van der Waals surface area contributed by atoms with Gasteiger partial charge in [-0.2, -0.15) is 0 Å². The SMILES string of the molecule is C=CC(=C)NC=NC1CCN(C(=O)OC(C)(C)C)CC1. The lowest BCUT2D eigenvalue weighted by atomic mass is 10.1. The van der Waals surface area contributed by atoms with Gasteiger partial charge in [0, 0.05) is 18.8 Å². The van der Waals surface area contributed by atoms with Crippen LogP contribution in [0.2, 0.25) is 0 Å². The lowest BCUT2D eigenvalue weighted by molar-refractivity contribution is 0.0207. The fraction of sp³-hybridized carbons (Fsp3) is 0.600. The van der Waals surface area contributed by atoms with Gasteiger partial charge in [0.2, 0.25) is 0 Å². The molecule has 1 aliphatic rings. The van der Waals surface area contributed by atoms with Gasteiger partial charge in [-0.1, -0.05) is 13.2 Å². The van der Waals surface area contributed by atoms with E-state index in [1.807, 2.05) is 20.8 Å². The van der Waals surface area contributed by atoms with E-state index in [0.29, 0.717) is 13.1 Å². The average Bonchev–Trinajstić information content (AvgIpc) is 2.37. The largest absolute Gasteiger partial charge is 0.444 e. The normalized spacial score (nSPS) is 17.1. The van der Waals surface area contributed by atoms with E-state index in [0.717, 1.165) is 18.5 Å². The number of hydrogen-bond acceptors (Lipinski definition) is 3. The van der Waals surface area contributed by atoms with Gasteiger partial charge >= 0.3 is 6.09 Å². The zero-order valence-electron chi connectivity index (χ0n) is 12.7. The van der Waals surface area contributed by atoms with Crippen molar-refractivity contribution in [3.8, 4) is 0 Å². The first-order chi connectivity index (χ1) is 9.31. The van der Waals surface area contributed by atoms with Crippen LogP contribution in [0.3, 0.4) is 0 Å². The van der Waals surface area contributed by atoms with Crippen molar-refractivity contribution >= 4 is 12.4 Å². The molecule has 1 rings (SSSR count). The Morgan fingerprint density at radius 2 is 2.00 bits per heavy atom. The van der Waals surface area contributed by atoms with Gasteiger partial charge in [0.1, 0.15) is 5.60 Å². The standard InChI is InChI=1S/C15H25N3O2/c1-6-12(2)16-11-17-13-7-9-18(10-8-13)14(19)20-15(3,4)5/h6,11,13H,1-2,7-10H2,3-5H3,(H,16,17). The molecule has 0 aromatic heterocycles. The van der Waals surface area contributed by atoms with Gasteiger partial charge in [-0.05, 0) is 39.7 Å². The second-order valence-electron chi connectivity index (χ2n) is 5.85. The summed E-state index contributed by atoms with van der Waals surface area (Å²) in [5, 5.41) is 2.94. The predicted octanol–water partition coefficient (Wildman–Crippen LogP) is 2.70. The van der Waals surface area contributed by atoms with Crippen molar-refractivity contribution in [2.24, 2.45) is 4.99 Å². The number of hydrogen-bond donors (Lipinski definition) is 1. The quantitative estimate of drug-likeness (QED) is 0.489.